The van der Waals surface area contributed by atoms with Gasteiger partial charge < -0.3 is 14.8 Å². The van der Waals surface area contributed by atoms with Gasteiger partial charge in [0.05, 0.1) is 24.1 Å². The molecular weight excluding hydrogens is 272 g/mol. The van der Waals surface area contributed by atoms with Crippen LogP contribution in [0.4, 0.5) is 0 Å². The van der Waals surface area contributed by atoms with Crippen molar-refractivity contribution in [1.82, 2.24) is 10.2 Å². The molecule has 0 saturated heterocycles. The lowest BCUT2D eigenvalue weighted by atomic mass is 10.1. The summed E-state index contributed by atoms with van der Waals surface area (Å²) in [5.74, 6) is -1.40. The number of aliphatic carboxylic acids is 1. The van der Waals surface area contributed by atoms with E-state index in [0.717, 1.165) is 5.76 Å². The van der Waals surface area contributed by atoms with E-state index in [2.05, 4.69) is 5.32 Å². The molecule has 116 valence electrons. The van der Waals surface area contributed by atoms with Crippen molar-refractivity contribution in [3.8, 4) is 0 Å². The maximum atomic E-state index is 12.2. The molecule has 6 nitrogen and oxygen atoms in total. The Labute approximate surface area is 124 Å². The van der Waals surface area contributed by atoms with Crippen LogP contribution in [-0.2, 0) is 9.59 Å². The fraction of sp³-hybridized carbons (Fsp3) is 0.600. The fourth-order valence-corrected chi connectivity index (χ4v) is 2.91. The zero-order valence-electron chi connectivity index (χ0n) is 12.8. The second kappa shape index (κ2) is 5.52. The van der Waals surface area contributed by atoms with Gasteiger partial charge in [-0.05, 0) is 31.6 Å². The van der Waals surface area contributed by atoms with E-state index in [9.17, 15) is 9.59 Å². The van der Waals surface area contributed by atoms with Crippen LogP contribution in [0.5, 0.6) is 0 Å². The molecule has 2 rings (SSSR count). The normalized spacial score (nSPS) is 24.6. The van der Waals surface area contributed by atoms with Crippen LogP contribution in [0.3, 0.4) is 0 Å². The number of carbonyl (C=O) groups is 2. The van der Waals surface area contributed by atoms with E-state index in [1.165, 1.54) is 0 Å². The van der Waals surface area contributed by atoms with Gasteiger partial charge in [0.15, 0.2) is 0 Å². The van der Waals surface area contributed by atoms with E-state index in [1.54, 1.807) is 12.3 Å². The van der Waals surface area contributed by atoms with Crippen LogP contribution in [0, 0.1) is 17.3 Å². The molecule has 1 aliphatic rings. The molecule has 0 spiro atoms. The van der Waals surface area contributed by atoms with Crippen molar-refractivity contribution in [2.24, 2.45) is 17.3 Å². The minimum Gasteiger partial charge on any atom is -0.481 e. The highest BCUT2D eigenvalue weighted by Crippen LogP contribution is 2.58. The lowest BCUT2D eigenvalue weighted by Crippen LogP contribution is -2.36. The summed E-state index contributed by atoms with van der Waals surface area (Å²) in [4.78, 5) is 25.3. The zero-order valence-corrected chi connectivity index (χ0v) is 12.8. The predicted octanol–water partition coefficient (Wildman–Crippen LogP) is 1.36. The average molecular weight is 294 g/mol. The van der Waals surface area contributed by atoms with E-state index in [4.69, 9.17) is 9.52 Å². The summed E-state index contributed by atoms with van der Waals surface area (Å²) in [7, 11) is 3.81. The summed E-state index contributed by atoms with van der Waals surface area (Å²) >= 11 is 0. The number of rotatable bonds is 6. The Bertz CT molecular complexity index is 522. The Balaban J connectivity index is 1.96. The molecule has 0 aliphatic heterocycles. The number of amides is 1. The van der Waals surface area contributed by atoms with Crippen molar-refractivity contribution in [2.75, 3.05) is 20.6 Å². The Morgan fingerprint density at radius 2 is 2.10 bits per heavy atom. The van der Waals surface area contributed by atoms with Gasteiger partial charge in [-0.25, -0.2) is 0 Å². The molecule has 3 atom stereocenters. The fourth-order valence-electron chi connectivity index (χ4n) is 2.91. The maximum Gasteiger partial charge on any atom is 0.307 e. The first kappa shape index (κ1) is 15.6. The van der Waals surface area contributed by atoms with Crippen LogP contribution in [0.1, 0.15) is 25.6 Å². The highest BCUT2D eigenvalue weighted by Gasteiger charge is 2.65. The summed E-state index contributed by atoms with van der Waals surface area (Å²) in [6, 6.07) is 3.59. The summed E-state index contributed by atoms with van der Waals surface area (Å²) < 4.78 is 5.38. The molecule has 1 fully saturated rings. The van der Waals surface area contributed by atoms with Gasteiger partial charge in [0, 0.05) is 6.54 Å². The van der Waals surface area contributed by atoms with Gasteiger partial charge in [-0.3, -0.25) is 14.5 Å². The first-order chi connectivity index (χ1) is 9.76. The first-order valence-electron chi connectivity index (χ1n) is 6.97. The molecular formula is C15H22N2O4. The van der Waals surface area contributed by atoms with E-state index in [1.807, 2.05) is 38.9 Å². The van der Waals surface area contributed by atoms with Gasteiger partial charge in [-0.2, -0.15) is 0 Å². The number of hydrogen-bond donors (Lipinski definition) is 2. The molecule has 1 aromatic heterocycles. The average Bonchev–Trinajstić information content (AvgIpc) is 2.76. The number of furan rings is 1. The van der Waals surface area contributed by atoms with Crippen LogP contribution in [0.15, 0.2) is 22.8 Å². The molecule has 1 aromatic rings. The Morgan fingerprint density at radius 1 is 1.43 bits per heavy atom. The number of carboxylic acids is 1. The van der Waals surface area contributed by atoms with Crippen LogP contribution in [0.2, 0.25) is 0 Å². The number of carboxylic acid groups (broad SMARTS) is 1. The highest BCUT2D eigenvalue weighted by molar-refractivity contribution is 5.91. The van der Waals surface area contributed by atoms with Gasteiger partial charge in [0.2, 0.25) is 5.91 Å². The number of likely N-dealkylation sites (N-methyl/N-ethyl adjacent to an activating group) is 1. The standard InChI is InChI=1S/C15H22N2O4/c1-15(2)11(12(15)14(19)20)13(18)16-8-9(17(3)4)10-6-5-7-21-10/h5-7,9,11-12H,8H2,1-4H3,(H,16,18)(H,19,20)/t9?,11-,12+/m1/s1. The van der Waals surface area contributed by atoms with E-state index < -0.39 is 23.2 Å². The maximum absolute atomic E-state index is 12.2. The lowest BCUT2D eigenvalue weighted by molar-refractivity contribution is -0.140. The molecule has 1 amide bonds. The zero-order chi connectivity index (χ0) is 15.8. The van der Waals surface area contributed by atoms with Crippen molar-refractivity contribution in [2.45, 2.75) is 19.9 Å². The van der Waals surface area contributed by atoms with Crippen LogP contribution in [0.25, 0.3) is 0 Å². The number of carbonyl (C=O) groups excluding carboxylic acids is 1. The van der Waals surface area contributed by atoms with Crippen LogP contribution >= 0.6 is 0 Å². The van der Waals surface area contributed by atoms with E-state index >= 15 is 0 Å². The summed E-state index contributed by atoms with van der Waals surface area (Å²) in [6.45, 7) is 4.01. The number of nitrogens with one attached hydrogen (secondary N) is 1. The number of hydrogen-bond acceptors (Lipinski definition) is 4. The second-order valence-electron chi connectivity index (χ2n) is 6.35. The minimum atomic E-state index is -0.907. The van der Waals surface area contributed by atoms with Gasteiger partial charge >= 0.3 is 5.97 Å². The molecule has 21 heavy (non-hydrogen) atoms. The Morgan fingerprint density at radius 3 is 2.52 bits per heavy atom. The van der Waals surface area contributed by atoms with Crippen molar-refractivity contribution in [3.05, 3.63) is 24.2 Å². The molecule has 1 heterocycles. The van der Waals surface area contributed by atoms with Gasteiger partial charge in [0.25, 0.3) is 0 Å². The highest BCUT2D eigenvalue weighted by atomic mass is 16.4. The first-order valence-corrected chi connectivity index (χ1v) is 6.97. The third-order valence-corrected chi connectivity index (χ3v) is 4.34. The summed E-state index contributed by atoms with van der Waals surface area (Å²) in [5, 5.41) is 12.0. The Kier molecular flexibility index (Phi) is 4.09. The Hall–Kier alpha value is -1.82. The summed E-state index contributed by atoms with van der Waals surface area (Å²) in [5.41, 5.74) is -0.478. The molecule has 0 aromatic carbocycles. The molecule has 1 aliphatic carbocycles. The minimum absolute atomic E-state index is 0.0749. The van der Waals surface area contributed by atoms with Gasteiger partial charge in [-0.15, -0.1) is 0 Å². The monoisotopic (exact) mass is 294 g/mol. The molecule has 0 radical (unpaired) electrons. The third-order valence-electron chi connectivity index (χ3n) is 4.34. The van der Waals surface area contributed by atoms with Crippen LogP contribution in [-0.4, -0.2) is 42.5 Å². The van der Waals surface area contributed by atoms with Crippen molar-refractivity contribution < 1.29 is 19.1 Å². The van der Waals surface area contributed by atoms with Crippen molar-refractivity contribution in [3.63, 3.8) is 0 Å². The van der Waals surface area contributed by atoms with E-state index in [-0.39, 0.29) is 11.9 Å². The quantitative estimate of drug-likeness (QED) is 0.827. The SMILES string of the molecule is CN(C)C(CNC(=O)[C@H]1[C@@H](C(=O)O)C1(C)C)c1ccco1. The van der Waals surface area contributed by atoms with Crippen molar-refractivity contribution in [1.29, 1.82) is 0 Å². The molecule has 2 N–H and O–H groups in total. The van der Waals surface area contributed by atoms with Crippen LogP contribution < -0.4 is 5.32 Å². The van der Waals surface area contributed by atoms with Gasteiger partial charge in [-0.1, -0.05) is 13.8 Å². The molecule has 0 bridgehead atoms. The molecule has 6 heteroatoms. The van der Waals surface area contributed by atoms with Gasteiger partial charge in [0.1, 0.15) is 5.76 Å². The smallest absolute Gasteiger partial charge is 0.307 e. The summed E-state index contributed by atoms with van der Waals surface area (Å²) in [6.07, 6.45) is 1.60. The molecule has 1 saturated carbocycles. The van der Waals surface area contributed by atoms with Crippen molar-refractivity contribution >= 4 is 11.9 Å². The third kappa shape index (κ3) is 2.95. The molecule has 1 unspecified atom stereocenters. The predicted molar refractivity (Wildman–Crippen MR) is 76.5 cm³/mol. The van der Waals surface area contributed by atoms with E-state index in [0.29, 0.717) is 6.54 Å². The largest absolute Gasteiger partial charge is 0.481 e. The topological polar surface area (TPSA) is 82.8 Å². The number of nitrogens with zero attached hydrogens (tertiary/aromatic N) is 1. The second-order valence-corrected chi connectivity index (χ2v) is 6.35. The lowest BCUT2D eigenvalue weighted by Gasteiger charge is -2.22.